The Morgan fingerprint density at radius 2 is 2.00 bits per heavy atom. The van der Waals surface area contributed by atoms with Crippen molar-refractivity contribution in [2.45, 2.75) is 20.3 Å². The lowest BCUT2D eigenvalue weighted by atomic mass is 10.1. The predicted molar refractivity (Wildman–Crippen MR) is 101 cm³/mol. The van der Waals surface area contributed by atoms with E-state index in [-0.39, 0.29) is 5.91 Å². The molecule has 1 N–H and O–H groups in total. The third kappa shape index (κ3) is 3.49. The van der Waals surface area contributed by atoms with Crippen molar-refractivity contribution >= 4 is 17.1 Å². The number of anilines is 1. The number of aromatic nitrogens is 2. The van der Waals surface area contributed by atoms with Gasteiger partial charge in [0.2, 0.25) is 0 Å². The summed E-state index contributed by atoms with van der Waals surface area (Å²) in [5.74, 6) is 2.24. The topological polar surface area (TPSA) is 64.9 Å². The Morgan fingerprint density at radius 3 is 2.69 bits per heavy atom. The van der Waals surface area contributed by atoms with Crippen LogP contribution in [0.1, 0.15) is 30.2 Å². The zero-order valence-corrected chi connectivity index (χ0v) is 15.4. The zero-order valence-electron chi connectivity index (χ0n) is 15.4. The fraction of sp³-hybridized carbons (Fsp3) is 0.300. The number of nitrogens with one attached hydrogen (secondary N) is 1. The van der Waals surface area contributed by atoms with E-state index in [9.17, 15) is 4.79 Å². The lowest BCUT2D eigenvalue weighted by Crippen LogP contribution is -2.13. The van der Waals surface area contributed by atoms with Crippen LogP contribution in [0.2, 0.25) is 0 Å². The van der Waals surface area contributed by atoms with Gasteiger partial charge in [0.1, 0.15) is 17.3 Å². The van der Waals surface area contributed by atoms with E-state index in [1.165, 1.54) is 0 Å². The lowest BCUT2D eigenvalue weighted by molar-refractivity contribution is 0.102. The van der Waals surface area contributed by atoms with E-state index in [4.69, 9.17) is 9.47 Å². The van der Waals surface area contributed by atoms with Gasteiger partial charge in [-0.1, -0.05) is 19.9 Å². The van der Waals surface area contributed by atoms with Crippen LogP contribution >= 0.6 is 0 Å². The van der Waals surface area contributed by atoms with Crippen LogP contribution in [0.3, 0.4) is 0 Å². The van der Waals surface area contributed by atoms with Crippen molar-refractivity contribution in [2.75, 3.05) is 19.5 Å². The molecule has 6 nitrogen and oxygen atoms in total. The van der Waals surface area contributed by atoms with Gasteiger partial charge in [0.15, 0.2) is 5.69 Å². The molecule has 0 saturated heterocycles. The van der Waals surface area contributed by atoms with Crippen LogP contribution in [0.25, 0.3) is 5.52 Å². The summed E-state index contributed by atoms with van der Waals surface area (Å²) in [6.07, 6.45) is 2.73. The third-order valence-corrected chi connectivity index (χ3v) is 4.08. The molecule has 0 atom stereocenters. The van der Waals surface area contributed by atoms with E-state index in [0.717, 1.165) is 17.8 Å². The van der Waals surface area contributed by atoms with Crippen LogP contribution in [0.4, 0.5) is 5.69 Å². The smallest absolute Gasteiger partial charge is 0.276 e. The molecule has 1 amide bonds. The van der Waals surface area contributed by atoms with Gasteiger partial charge in [-0.3, -0.25) is 4.79 Å². The number of methoxy groups -OCH3 is 2. The minimum atomic E-state index is -0.271. The minimum absolute atomic E-state index is 0.271. The maximum Gasteiger partial charge on any atom is 0.276 e. The minimum Gasteiger partial charge on any atom is -0.497 e. The molecule has 0 unspecified atom stereocenters. The molecule has 0 aliphatic rings. The average molecular weight is 353 g/mol. The number of amides is 1. The second-order valence-corrected chi connectivity index (χ2v) is 6.45. The highest BCUT2D eigenvalue weighted by Gasteiger charge is 2.19. The van der Waals surface area contributed by atoms with E-state index < -0.39 is 0 Å². The molecular formula is C20H23N3O3. The summed E-state index contributed by atoms with van der Waals surface area (Å²) in [6, 6.07) is 11.0. The molecule has 3 aromatic rings. The van der Waals surface area contributed by atoms with Crippen molar-refractivity contribution in [1.82, 2.24) is 9.38 Å². The second kappa shape index (κ2) is 7.47. The first-order valence-electron chi connectivity index (χ1n) is 8.52. The number of hydrogen-bond donors (Lipinski definition) is 1. The number of carbonyl (C=O) groups is 1. The Balaban J connectivity index is 1.96. The fourth-order valence-electron chi connectivity index (χ4n) is 2.86. The SMILES string of the molecule is COc1ccc(NC(=O)c2nc(CC(C)C)n3ccccc23)c(OC)c1. The average Bonchev–Trinajstić information content (AvgIpc) is 3.00. The van der Waals surface area contributed by atoms with Gasteiger partial charge in [0.05, 0.1) is 25.4 Å². The molecular weight excluding hydrogens is 330 g/mol. The number of rotatable bonds is 6. The number of nitrogens with zero attached hydrogens (tertiary/aromatic N) is 2. The van der Waals surface area contributed by atoms with Crippen LogP contribution < -0.4 is 14.8 Å². The second-order valence-electron chi connectivity index (χ2n) is 6.45. The van der Waals surface area contributed by atoms with Gasteiger partial charge < -0.3 is 19.2 Å². The summed E-state index contributed by atoms with van der Waals surface area (Å²) in [5.41, 5.74) is 1.76. The molecule has 0 radical (unpaired) electrons. The Bertz CT molecular complexity index is 931. The molecule has 0 aliphatic carbocycles. The molecule has 1 aromatic carbocycles. The largest absolute Gasteiger partial charge is 0.497 e. The van der Waals surface area contributed by atoms with Crippen molar-refractivity contribution in [3.05, 3.63) is 54.1 Å². The Labute approximate surface area is 152 Å². The summed E-state index contributed by atoms with van der Waals surface area (Å²) in [6.45, 7) is 4.26. The van der Waals surface area contributed by atoms with Crippen LogP contribution in [0.5, 0.6) is 11.5 Å². The quantitative estimate of drug-likeness (QED) is 0.732. The highest BCUT2D eigenvalue weighted by Crippen LogP contribution is 2.29. The number of benzene rings is 1. The van der Waals surface area contributed by atoms with Crippen LogP contribution in [0, 0.1) is 5.92 Å². The van der Waals surface area contributed by atoms with E-state index in [2.05, 4.69) is 24.1 Å². The number of pyridine rings is 1. The fourth-order valence-corrected chi connectivity index (χ4v) is 2.86. The zero-order chi connectivity index (χ0) is 18.7. The monoisotopic (exact) mass is 353 g/mol. The summed E-state index contributed by atoms with van der Waals surface area (Å²) in [5, 5.41) is 2.89. The molecule has 26 heavy (non-hydrogen) atoms. The van der Waals surface area contributed by atoms with Gasteiger partial charge in [0, 0.05) is 18.7 Å². The van der Waals surface area contributed by atoms with Gasteiger partial charge in [-0.05, 0) is 30.2 Å². The van der Waals surface area contributed by atoms with Crippen molar-refractivity contribution in [1.29, 1.82) is 0 Å². The molecule has 2 heterocycles. The molecule has 6 heteroatoms. The van der Waals surface area contributed by atoms with E-state index >= 15 is 0 Å². The van der Waals surface area contributed by atoms with Crippen LogP contribution in [-0.2, 0) is 6.42 Å². The number of carbonyl (C=O) groups excluding carboxylic acids is 1. The van der Waals surface area contributed by atoms with Crippen molar-refractivity contribution in [2.24, 2.45) is 5.92 Å². The highest BCUT2D eigenvalue weighted by molar-refractivity contribution is 6.08. The summed E-state index contributed by atoms with van der Waals surface area (Å²) in [7, 11) is 3.14. The van der Waals surface area contributed by atoms with E-state index in [0.29, 0.717) is 28.8 Å². The number of ether oxygens (including phenoxy) is 2. The first-order valence-corrected chi connectivity index (χ1v) is 8.52. The number of imidazole rings is 1. The van der Waals surface area contributed by atoms with Crippen LogP contribution in [0.15, 0.2) is 42.6 Å². The van der Waals surface area contributed by atoms with Crippen molar-refractivity contribution < 1.29 is 14.3 Å². The summed E-state index contributed by atoms with van der Waals surface area (Å²) in [4.78, 5) is 17.5. The van der Waals surface area contributed by atoms with Gasteiger partial charge in [-0.15, -0.1) is 0 Å². The van der Waals surface area contributed by atoms with Crippen molar-refractivity contribution in [3.8, 4) is 11.5 Å². The summed E-state index contributed by atoms with van der Waals surface area (Å²) < 4.78 is 12.5. The normalized spacial score (nSPS) is 11.0. The maximum absolute atomic E-state index is 12.9. The summed E-state index contributed by atoms with van der Waals surface area (Å²) >= 11 is 0. The first-order chi connectivity index (χ1) is 12.5. The van der Waals surface area contributed by atoms with Gasteiger partial charge >= 0.3 is 0 Å². The standard InChI is InChI=1S/C20H23N3O3/c1-13(2)11-18-22-19(16-7-5-6-10-23(16)18)20(24)21-15-9-8-14(25-3)12-17(15)26-4/h5-10,12-13H,11H2,1-4H3,(H,21,24). The first kappa shape index (κ1) is 17.8. The molecule has 3 rings (SSSR count). The highest BCUT2D eigenvalue weighted by atomic mass is 16.5. The predicted octanol–water partition coefficient (Wildman–Crippen LogP) is 3.80. The molecule has 0 spiro atoms. The molecule has 0 aliphatic heterocycles. The van der Waals surface area contributed by atoms with E-state index in [1.54, 1.807) is 32.4 Å². The van der Waals surface area contributed by atoms with E-state index in [1.807, 2.05) is 28.8 Å². The van der Waals surface area contributed by atoms with Crippen molar-refractivity contribution in [3.63, 3.8) is 0 Å². The molecule has 2 aromatic heterocycles. The Hall–Kier alpha value is -3.02. The van der Waals surface area contributed by atoms with Gasteiger partial charge in [-0.25, -0.2) is 4.98 Å². The van der Waals surface area contributed by atoms with Gasteiger partial charge in [0.25, 0.3) is 5.91 Å². The Kier molecular flexibility index (Phi) is 5.11. The number of fused-ring (bicyclic) bond motifs is 1. The lowest BCUT2D eigenvalue weighted by Gasteiger charge is -2.11. The Morgan fingerprint density at radius 1 is 1.19 bits per heavy atom. The molecule has 0 bridgehead atoms. The van der Waals surface area contributed by atoms with Crippen LogP contribution in [-0.4, -0.2) is 29.5 Å². The third-order valence-electron chi connectivity index (χ3n) is 4.08. The van der Waals surface area contributed by atoms with Gasteiger partial charge in [-0.2, -0.15) is 0 Å². The number of hydrogen-bond acceptors (Lipinski definition) is 4. The molecule has 136 valence electrons. The molecule has 0 fully saturated rings. The molecule has 0 saturated carbocycles. The maximum atomic E-state index is 12.9.